The second kappa shape index (κ2) is 7.53. The fraction of sp³-hybridized carbons (Fsp3) is 0.176. The molecular weight excluding hydrogens is 411 g/mol. The van der Waals surface area contributed by atoms with Crippen LogP contribution in [0.4, 0.5) is 21.9 Å². The predicted molar refractivity (Wildman–Crippen MR) is 104 cm³/mol. The average molecular weight is 425 g/mol. The monoisotopic (exact) mass is 424 g/mol. The van der Waals surface area contributed by atoms with E-state index in [4.69, 9.17) is 28.9 Å². The van der Waals surface area contributed by atoms with Crippen LogP contribution in [0.25, 0.3) is 0 Å². The number of urea groups is 1. The quantitative estimate of drug-likeness (QED) is 0.503. The van der Waals surface area contributed by atoms with Gasteiger partial charge in [0.2, 0.25) is 0 Å². The summed E-state index contributed by atoms with van der Waals surface area (Å²) in [4.78, 5) is 35.3. The van der Waals surface area contributed by atoms with Crippen LogP contribution in [0.15, 0.2) is 36.4 Å². The zero-order chi connectivity index (χ0) is 20.6. The highest BCUT2D eigenvalue weighted by molar-refractivity contribution is 6.35. The van der Waals surface area contributed by atoms with Gasteiger partial charge in [-0.2, -0.15) is 0 Å². The number of nitrogens with zero attached hydrogens (tertiary/aromatic N) is 2. The summed E-state index contributed by atoms with van der Waals surface area (Å²) >= 11 is 12.4. The number of carbonyl (C=O) groups excluding carboxylic acids is 1. The number of benzene rings is 2. The molecule has 11 heteroatoms. The lowest BCUT2D eigenvalue weighted by atomic mass is 9.91. The standard InChI is InChI=1S/C17H14Cl2N4O5/c18-8-5-11(19)15-12(6-8)21-13(16(24)25)7-14(15)22(17(20)26)9-1-3-10(4-2-9)23(27)28/h1-6,13-14,21H,7H2,(H2,20,26)(H,24,25). The van der Waals surface area contributed by atoms with Gasteiger partial charge in [-0.3, -0.25) is 15.0 Å². The molecule has 0 saturated heterocycles. The lowest BCUT2D eigenvalue weighted by Gasteiger charge is -2.38. The van der Waals surface area contributed by atoms with Gasteiger partial charge in [0.1, 0.15) is 6.04 Å². The lowest BCUT2D eigenvalue weighted by Crippen LogP contribution is -2.45. The molecular formula is C17H14Cl2N4O5. The fourth-order valence-electron chi connectivity index (χ4n) is 3.22. The van der Waals surface area contributed by atoms with Crippen LogP contribution < -0.4 is 16.0 Å². The number of aliphatic carboxylic acids is 1. The normalized spacial score (nSPS) is 17.9. The van der Waals surface area contributed by atoms with Crippen molar-refractivity contribution in [2.45, 2.75) is 18.5 Å². The molecule has 0 fully saturated rings. The molecule has 9 nitrogen and oxygen atoms in total. The molecule has 1 aliphatic rings. The molecule has 4 N–H and O–H groups in total. The van der Waals surface area contributed by atoms with Crippen LogP contribution >= 0.6 is 23.2 Å². The first-order valence-electron chi connectivity index (χ1n) is 8.00. The number of fused-ring (bicyclic) bond motifs is 1. The van der Waals surface area contributed by atoms with Crippen molar-refractivity contribution in [2.24, 2.45) is 5.73 Å². The Morgan fingerprint density at radius 2 is 1.89 bits per heavy atom. The highest BCUT2D eigenvalue weighted by atomic mass is 35.5. The number of anilines is 2. The van der Waals surface area contributed by atoms with Gasteiger partial charge in [0.25, 0.3) is 5.69 Å². The first-order valence-corrected chi connectivity index (χ1v) is 8.76. The molecule has 1 heterocycles. The first kappa shape index (κ1) is 19.7. The van der Waals surface area contributed by atoms with Gasteiger partial charge in [-0.25, -0.2) is 9.59 Å². The molecule has 146 valence electrons. The number of rotatable bonds is 4. The maximum atomic E-state index is 12.3. The molecule has 0 aromatic heterocycles. The molecule has 0 aliphatic carbocycles. The van der Waals surface area contributed by atoms with Crippen molar-refractivity contribution in [2.75, 3.05) is 10.2 Å². The minimum atomic E-state index is -1.13. The third kappa shape index (κ3) is 3.67. The number of amides is 2. The number of nitro benzene ring substituents is 1. The van der Waals surface area contributed by atoms with Crippen LogP contribution in [0.5, 0.6) is 0 Å². The van der Waals surface area contributed by atoms with Crippen LogP contribution in [0, 0.1) is 10.1 Å². The van der Waals surface area contributed by atoms with Crippen LogP contribution in [0.1, 0.15) is 18.0 Å². The van der Waals surface area contributed by atoms with E-state index in [0.29, 0.717) is 16.3 Å². The van der Waals surface area contributed by atoms with Crippen molar-refractivity contribution in [1.29, 1.82) is 0 Å². The predicted octanol–water partition coefficient (Wildman–Crippen LogP) is 3.80. The number of carbonyl (C=O) groups is 2. The third-order valence-corrected chi connectivity index (χ3v) is 4.93. The van der Waals surface area contributed by atoms with E-state index in [0.717, 1.165) is 0 Å². The molecule has 2 unspecified atom stereocenters. The Kier molecular flexibility index (Phi) is 5.30. The molecule has 0 bridgehead atoms. The summed E-state index contributed by atoms with van der Waals surface area (Å²) in [6.07, 6.45) is -0.0242. The van der Waals surface area contributed by atoms with Gasteiger partial charge in [0.05, 0.1) is 11.0 Å². The lowest BCUT2D eigenvalue weighted by molar-refractivity contribution is -0.384. The molecule has 3 rings (SSSR count). The highest BCUT2D eigenvalue weighted by Crippen LogP contribution is 2.44. The van der Waals surface area contributed by atoms with Crippen molar-refractivity contribution >= 4 is 52.3 Å². The Morgan fingerprint density at radius 3 is 2.43 bits per heavy atom. The van der Waals surface area contributed by atoms with E-state index in [9.17, 15) is 24.8 Å². The molecule has 0 saturated carbocycles. The second-order valence-electron chi connectivity index (χ2n) is 6.12. The SMILES string of the molecule is NC(=O)N(c1ccc([N+](=O)[O-])cc1)C1CC(C(=O)O)Nc2cc(Cl)cc(Cl)c21. The van der Waals surface area contributed by atoms with E-state index in [1.807, 2.05) is 0 Å². The van der Waals surface area contributed by atoms with Crippen molar-refractivity contribution in [3.8, 4) is 0 Å². The molecule has 0 spiro atoms. The summed E-state index contributed by atoms with van der Waals surface area (Å²) < 4.78 is 0. The van der Waals surface area contributed by atoms with Crippen molar-refractivity contribution in [1.82, 2.24) is 0 Å². The number of non-ortho nitro benzene ring substituents is 1. The summed E-state index contributed by atoms with van der Waals surface area (Å²) in [6.45, 7) is 0. The molecule has 2 aromatic carbocycles. The zero-order valence-electron chi connectivity index (χ0n) is 14.1. The van der Waals surface area contributed by atoms with E-state index in [1.165, 1.54) is 41.3 Å². The Morgan fingerprint density at radius 1 is 1.25 bits per heavy atom. The number of hydrogen-bond acceptors (Lipinski definition) is 5. The number of primary amides is 1. The number of hydrogen-bond donors (Lipinski definition) is 3. The maximum Gasteiger partial charge on any atom is 0.326 e. The maximum absolute atomic E-state index is 12.3. The summed E-state index contributed by atoms with van der Waals surface area (Å²) in [6, 6.07) is 5.48. The molecule has 2 amide bonds. The van der Waals surface area contributed by atoms with E-state index in [1.54, 1.807) is 0 Å². The van der Waals surface area contributed by atoms with Crippen LogP contribution in [0.2, 0.25) is 10.0 Å². The number of carboxylic acids is 1. The minimum absolute atomic E-state index is 0.0242. The Labute approximate surface area is 168 Å². The van der Waals surface area contributed by atoms with Crippen molar-refractivity contribution in [3.05, 3.63) is 62.1 Å². The largest absolute Gasteiger partial charge is 0.480 e. The minimum Gasteiger partial charge on any atom is -0.480 e. The smallest absolute Gasteiger partial charge is 0.326 e. The van der Waals surface area contributed by atoms with Gasteiger partial charge in [0.15, 0.2) is 0 Å². The van der Waals surface area contributed by atoms with E-state index >= 15 is 0 Å². The van der Waals surface area contributed by atoms with Gasteiger partial charge in [-0.1, -0.05) is 23.2 Å². The van der Waals surface area contributed by atoms with E-state index in [2.05, 4.69) is 5.32 Å². The topological polar surface area (TPSA) is 139 Å². The number of nitro groups is 1. The highest BCUT2D eigenvalue weighted by Gasteiger charge is 2.38. The number of nitrogens with one attached hydrogen (secondary N) is 1. The Balaban J connectivity index is 2.13. The van der Waals surface area contributed by atoms with Crippen LogP contribution in [-0.4, -0.2) is 28.1 Å². The average Bonchev–Trinajstić information content (AvgIpc) is 2.61. The first-order chi connectivity index (χ1) is 13.2. The van der Waals surface area contributed by atoms with E-state index < -0.39 is 29.0 Å². The molecule has 28 heavy (non-hydrogen) atoms. The molecule has 1 aliphatic heterocycles. The van der Waals surface area contributed by atoms with Crippen molar-refractivity contribution in [3.63, 3.8) is 0 Å². The van der Waals surface area contributed by atoms with Crippen LogP contribution in [0.3, 0.4) is 0 Å². The Hall–Kier alpha value is -3.04. The molecule has 2 aromatic rings. The van der Waals surface area contributed by atoms with Gasteiger partial charge in [-0.15, -0.1) is 0 Å². The van der Waals surface area contributed by atoms with E-state index in [-0.39, 0.29) is 22.8 Å². The van der Waals surface area contributed by atoms with Gasteiger partial charge >= 0.3 is 12.0 Å². The fourth-order valence-corrected chi connectivity index (χ4v) is 3.84. The van der Waals surface area contributed by atoms with Gasteiger partial charge in [-0.05, 0) is 24.3 Å². The summed E-state index contributed by atoms with van der Waals surface area (Å²) in [5, 5.41) is 23.7. The summed E-state index contributed by atoms with van der Waals surface area (Å²) in [5.74, 6) is -1.13. The third-order valence-electron chi connectivity index (χ3n) is 4.40. The number of carboxylic acid groups (broad SMARTS) is 1. The second-order valence-corrected chi connectivity index (χ2v) is 6.96. The summed E-state index contributed by atoms with van der Waals surface area (Å²) in [5.41, 5.74) is 6.51. The summed E-state index contributed by atoms with van der Waals surface area (Å²) in [7, 11) is 0. The number of nitrogens with two attached hydrogens (primary N) is 1. The molecule has 0 radical (unpaired) electrons. The Bertz CT molecular complexity index is 967. The van der Waals surface area contributed by atoms with Crippen LogP contribution in [-0.2, 0) is 4.79 Å². The zero-order valence-corrected chi connectivity index (χ0v) is 15.6. The van der Waals surface area contributed by atoms with Crippen molar-refractivity contribution < 1.29 is 19.6 Å². The van der Waals surface area contributed by atoms with Gasteiger partial charge in [0, 0.05) is 45.5 Å². The molecule has 2 atom stereocenters. The van der Waals surface area contributed by atoms with Gasteiger partial charge < -0.3 is 16.2 Å². The number of halogens is 2.